The van der Waals surface area contributed by atoms with Crippen molar-refractivity contribution in [2.24, 2.45) is 0 Å². The predicted octanol–water partition coefficient (Wildman–Crippen LogP) is 28.7. The molecule has 0 aliphatic rings. The van der Waals surface area contributed by atoms with Crippen LogP contribution in [0.25, 0.3) is 0 Å². The Kier molecular flexibility index (Phi) is 106. The lowest BCUT2D eigenvalue weighted by Crippen LogP contribution is -1.98. The lowest BCUT2D eigenvalue weighted by molar-refractivity contribution is -0.141. The minimum atomic E-state index is -0.0869. The molecule has 0 bridgehead atoms. The highest BCUT2D eigenvalue weighted by molar-refractivity contribution is 5.70. The summed E-state index contributed by atoms with van der Waals surface area (Å²) < 4.78 is 23.1. The molecule has 0 spiro atoms. The molecule has 0 aromatic heterocycles. The third-order valence-electron chi connectivity index (χ3n) is 16.3. The Morgan fingerprint density at radius 1 is 0.162 bits per heavy atom. The zero-order valence-corrected chi connectivity index (χ0v) is 69.3. The summed E-state index contributed by atoms with van der Waals surface area (Å²) in [4.78, 5) is 54.5. The lowest BCUT2D eigenvalue weighted by atomic mass is 10.1. The van der Waals surface area contributed by atoms with Gasteiger partial charge in [0.2, 0.25) is 0 Å². The standard InChI is InChI=1S/5C19H32O2/c5*1-3-4-5-6-7-8-9-10-11-12-13-14-15-16-17-18-19(20)21-2/h5*4-5,7-8,10-11H,3,6,9,12-18H2,1-2H3. The van der Waals surface area contributed by atoms with Gasteiger partial charge in [0.15, 0.2) is 0 Å². The topological polar surface area (TPSA) is 132 Å². The third kappa shape index (κ3) is 113. The summed E-state index contributed by atoms with van der Waals surface area (Å²) in [7, 11) is 7.25. The fourth-order valence-corrected chi connectivity index (χ4v) is 9.95. The van der Waals surface area contributed by atoms with Crippen LogP contribution >= 0.6 is 0 Å². The van der Waals surface area contributed by atoms with E-state index >= 15 is 0 Å². The zero-order chi connectivity index (χ0) is 78.0. The van der Waals surface area contributed by atoms with Crippen molar-refractivity contribution in [2.45, 2.75) is 356 Å². The molecule has 0 atom stereocenters. The molecule has 0 aliphatic carbocycles. The van der Waals surface area contributed by atoms with Crippen LogP contribution in [0.3, 0.4) is 0 Å². The van der Waals surface area contributed by atoms with Gasteiger partial charge in [0.05, 0.1) is 35.5 Å². The number of methoxy groups -OCH3 is 5. The van der Waals surface area contributed by atoms with E-state index in [4.69, 9.17) is 0 Å². The quantitative estimate of drug-likeness (QED) is 0.0251. The van der Waals surface area contributed by atoms with Crippen molar-refractivity contribution in [2.75, 3.05) is 35.5 Å². The summed E-state index contributed by atoms with van der Waals surface area (Å²) in [5, 5.41) is 0. The zero-order valence-electron chi connectivity index (χ0n) is 69.3. The van der Waals surface area contributed by atoms with Gasteiger partial charge in [0.25, 0.3) is 0 Å². The monoisotopic (exact) mass is 1460 g/mol. The molecule has 0 fully saturated rings. The van der Waals surface area contributed by atoms with Crippen molar-refractivity contribution in [3.63, 3.8) is 0 Å². The van der Waals surface area contributed by atoms with Crippen LogP contribution in [0.5, 0.6) is 0 Å². The predicted molar refractivity (Wildman–Crippen MR) is 456 cm³/mol. The van der Waals surface area contributed by atoms with Gasteiger partial charge < -0.3 is 23.7 Å². The first kappa shape index (κ1) is 107. The molecule has 0 N–H and O–H groups in total. The molecule has 0 radical (unpaired) electrons. The van der Waals surface area contributed by atoms with Crippen LogP contribution in [0.15, 0.2) is 182 Å². The van der Waals surface area contributed by atoms with Crippen molar-refractivity contribution in [1.29, 1.82) is 0 Å². The van der Waals surface area contributed by atoms with E-state index in [1.807, 2.05) is 0 Å². The maximum absolute atomic E-state index is 10.9. The minimum Gasteiger partial charge on any atom is -0.469 e. The van der Waals surface area contributed by atoms with Crippen LogP contribution in [0.4, 0.5) is 0 Å². The molecular formula is C95H160O10. The van der Waals surface area contributed by atoms with E-state index in [0.717, 1.165) is 161 Å². The van der Waals surface area contributed by atoms with E-state index in [-0.39, 0.29) is 29.8 Å². The molecule has 0 aromatic carbocycles. The summed E-state index contributed by atoms with van der Waals surface area (Å²) in [5.74, 6) is -0.434. The van der Waals surface area contributed by atoms with Gasteiger partial charge in [-0.15, -0.1) is 0 Å². The number of carbonyl (C=O) groups is 5. The third-order valence-corrected chi connectivity index (χ3v) is 16.3. The molecule has 600 valence electrons. The Bertz CT molecular complexity index is 1940. The summed E-state index contributed by atoms with van der Waals surface area (Å²) >= 11 is 0. The van der Waals surface area contributed by atoms with E-state index in [0.29, 0.717) is 32.1 Å². The maximum Gasteiger partial charge on any atom is 0.305 e. The number of hydrogen-bond donors (Lipinski definition) is 0. The molecule has 10 heteroatoms. The maximum atomic E-state index is 10.9. The number of ether oxygens (including phenoxy) is 5. The number of hydrogen-bond acceptors (Lipinski definition) is 10. The Morgan fingerprint density at radius 3 is 0.410 bits per heavy atom. The molecule has 0 aliphatic heterocycles. The second-order valence-corrected chi connectivity index (χ2v) is 25.9. The van der Waals surface area contributed by atoms with Crippen molar-refractivity contribution < 1.29 is 47.7 Å². The van der Waals surface area contributed by atoms with Crippen LogP contribution in [0, 0.1) is 0 Å². The Labute approximate surface area is 647 Å². The molecule has 10 nitrogen and oxygen atoms in total. The van der Waals surface area contributed by atoms with Crippen molar-refractivity contribution in [1.82, 2.24) is 0 Å². The Morgan fingerprint density at radius 2 is 0.276 bits per heavy atom. The van der Waals surface area contributed by atoms with Gasteiger partial charge in [-0.05, 0) is 193 Å². The van der Waals surface area contributed by atoms with Gasteiger partial charge >= 0.3 is 29.8 Å². The van der Waals surface area contributed by atoms with Gasteiger partial charge in [0.1, 0.15) is 0 Å². The highest BCUT2D eigenvalue weighted by atomic mass is 16.5. The Balaban J connectivity index is -0.000000397. The largest absolute Gasteiger partial charge is 0.469 e. The average Bonchev–Trinajstić information content (AvgIpc) is 3.77. The second kappa shape index (κ2) is 104. The number of rotatable bonds is 65. The summed E-state index contributed by atoms with van der Waals surface area (Å²) in [6, 6.07) is 0. The summed E-state index contributed by atoms with van der Waals surface area (Å²) in [6.07, 6.45) is 121. The van der Waals surface area contributed by atoms with Crippen molar-refractivity contribution in [3.05, 3.63) is 182 Å². The van der Waals surface area contributed by atoms with Crippen molar-refractivity contribution >= 4 is 29.8 Å². The van der Waals surface area contributed by atoms with E-state index in [9.17, 15) is 24.0 Å². The highest BCUT2D eigenvalue weighted by Gasteiger charge is 2.03. The van der Waals surface area contributed by atoms with Gasteiger partial charge in [-0.2, -0.15) is 0 Å². The fraction of sp³-hybridized carbons (Fsp3) is 0.632. The van der Waals surface area contributed by atoms with Crippen LogP contribution in [-0.4, -0.2) is 65.4 Å². The fourth-order valence-electron chi connectivity index (χ4n) is 9.95. The number of esters is 5. The first-order valence-electron chi connectivity index (χ1n) is 41.6. The van der Waals surface area contributed by atoms with Crippen LogP contribution in [0.1, 0.15) is 356 Å². The van der Waals surface area contributed by atoms with Gasteiger partial charge in [-0.3, -0.25) is 24.0 Å². The van der Waals surface area contributed by atoms with Gasteiger partial charge in [-0.25, -0.2) is 0 Å². The second-order valence-electron chi connectivity index (χ2n) is 25.9. The van der Waals surface area contributed by atoms with Crippen LogP contribution < -0.4 is 0 Å². The van der Waals surface area contributed by atoms with E-state index in [2.05, 4.69) is 241 Å². The first-order chi connectivity index (χ1) is 51.5. The molecule has 0 heterocycles. The molecule has 105 heavy (non-hydrogen) atoms. The molecular weight excluding hydrogens is 1300 g/mol. The van der Waals surface area contributed by atoms with E-state index < -0.39 is 0 Å². The van der Waals surface area contributed by atoms with Gasteiger partial charge in [0, 0.05) is 32.1 Å². The molecule has 0 saturated carbocycles. The summed E-state index contributed by atoms with van der Waals surface area (Å²) in [5.41, 5.74) is 0. The first-order valence-corrected chi connectivity index (χ1v) is 41.6. The summed E-state index contributed by atoms with van der Waals surface area (Å²) in [6.45, 7) is 10.8. The van der Waals surface area contributed by atoms with Crippen LogP contribution in [0.2, 0.25) is 0 Å². The SMILES string of the molecule is CCC=CCC=CCC=CCCCCCCCC(=O)OC.CCC=CCC=CCC=CCCCCCCCC(=O)OC.CCC=CCC=CCC=CCCCCCCCC(=O)OC.CCC=CCC=CCC=CCCCCCCCC(=O)OC.CCC=CCC=CCC=CCCCCCCCC(=O)OC. The number of allylic oxidation sites excluding steroid dienone is 30. The normalized spacial score (nSPS) is 11.9. The molecule has 0 saturated heterocycles. The van der Waals surface area contributed by atoms with Crippen LogP contribution in [-0.2, 0) is 47.7 Å². The van der Waals surface area contributed by atoms with Crippen molar-refractivity contribution in [3.8, 4) is 0 Å². The van der Waals surface area contributed by atoms with Gasteiger partial charge in [-0.1, -0.05) is 313 Å². The van der Waals surface area contributed by atoms with E-state index in [1.54, 1.807) is 0 Å². The Hall–Kier alpha value is -6.55. The minimum absolute atomic E-state index is 0.0869. The average molecular weight is 1460 g/mol. The number of carbonyl (C=O) groups excluding carboxylic acids is 5. The lowest BCUT2D eigenvalue weighted by Gasteiger charge is -1.99. The smallest absolute Gasteiger partial charge is 0.305 e. The molecule has 0 amide bonds. The molecule has 0 aromatic rings. The number of unbranched alkanes of at least 4 members (excludes halogenated alkanes) is 25. The highest BCUT2D eigenvalue weighted by Crippen LogP contribution is 2.14. The molecule has 0 unspecified atom stereocenters. The van der Waals surface area contributed by atoms with E-state index in [1.165, 1.54) is 164 Å². The molecule has 0 rings (SSSR count).